The molecule has 2 aromatic rings. The number of nitrogens with zero attached hydrogens (tertiary/aromatic N) is 3. The predicted molar refractivity (Wildman–Crippen MR) is 91.0 cm³/mol. The van der Waals surface area contributed by atoms with E-state index in [0.717, 1.165) is 0 Å². The lowest BCUT2D eigenvalue weighted by atomic mass is 10.2. The minimum Gasteiger partial charge on any atom is -0.383 e. The number of benzene rings is 2. The Hall–Kier alpha value is -3.73. The Labute approximate surface area is 143 Å². The monoisotopic (exact) mass is 338 g/mol. The number of carbonyl (C=O) groups is 1. The smallest absolute Gasteiger partial charge is 0.270 e. The minimum absolute atomic E-state index is 0.0597. The first kappa shape index (κ1) is 17.6. The number of nitrogens with one attached hydrogen (secondary N) is 1. The van der Waals surface area contributed by atoms with E-state index in [2.05, 4.69) is 10.5 Å². The van der Waals surface area contributed by atoms with Gasteiger partial charge in [0.15, 0.2) is 0 Å². The number of nitro benzene ring substituents is 1. The summed E-state index contributed by atoms with van der Waals surface area (Å²) in [6.45, 7) is 1.52. The molecule has 0 radical (unpaired) electrons. The third-order valence-electron chi connectivity index (χ3n) is 3.15. The fraction of sp³-hybridized carbons (Fsp3) is 0.118. The van der Waals surface area contributed by atoms with Crippen molar-refractivity contribution in [3.05, 3.63) is 69.8 Å². The SMILES string of the molecule is CC(O/N=C/c1cccc([N+](=O)[O-])c1)C(=O)Nc1ccc(C#N)cc1. The van der Waals surface area contributed by atoms with Crippen molar-refractivity contribution in [1.29, 1.82) is 5.26 Å². The third-order valence-corrected chi connectivity index (χ3v) is 3.15. The highest BCUT2D eigenvalue weighted by Crippen LogP contribution is 2.12. The zero-order valence-corrected chi connectivity index (χ0v) is 13.2. The zero-order chi connectivity index (χ0) is 18.2. The molecule has 1 unspecified atom stereocenters. The summed E-state index contributed by atoms with van der Waals surface area (Å²) in [5.74, 6) is -0.416. The van der Waals surface area contributed by atoms with Crippen molar-refractivity contribution in [3.8, 4) is 6.07 Å². The van der Waals surface area contributed by atoms with Crippen LogP contribution < -0.4 is 5.32 Å². The molecule has 0 heterocycles. The second-order valence-corrected chi connectivity index (χ2v) is 5.01. The summed E-state index contributed by atoms with van der Waals surface area (Å²) >= 11 is 0. The Morgan fingerprint density at radius 1 is 1.36 bits per heavy atom. The van der Waals surface area contributed by atoms with Crippen LogP contribution in [-0.4, -0.2) is 23.1 Å². The second-order valence-electron chi connectivity index (χ2n) is 5.01. The molecule has 8 heteroatoms. The van der Waals surface area contributed by atoms with Gasteiger partial charge in [0.25, 0.3) is 11.6 Å². The lowest BCUT2D eigenvalue weighted by molar-refractivity contribution is -0.384. The van der Waals surface area contributed by atoms with Crippen molar-refractivity contribution in [2.75, 3.05) is 5.32 Å². The molecule has 0 aliphatic heterocycles. The first-order chi connectivity index (χ1) is 12.0. The van der Waals surface area contributed by atoms with E-state index in [-0.39, 0.29) is 5.69 Å². The van der Waals surface area contributed by atoms with E-state index in [4.69, 9.17) is 10.1 Å². The molecule has 0 spiro atoms. The standard InChI is InChI=1S/C17H14N4O4/c1-12(17(22)20-15-7-5-13(10-18)6-8-15)25-19-11-14-3-2-4-16(9-14)21(23)24/h2-9,11-12H,1H3,(H,20,22)/b19-11+. The fourth-order valence-corrected chi connectivity index (χ4v) is 1.82. The number of hydrogen-bond acceptors (Lipinski definition) is 6. The van der Waals surface area contributed by atoms with E-state index < -0.39 is 16.9 Å². The van der Waals surface area contributed by atoms with Gasteiger partial charge in [-0.05, 0) is 31.2 Å². The second kappa shape index (κ2) is 8.21. The number of non-ortho nitro benzene ring substituents is 1. The van der Waals surface area contributed by atoms with Gasteiger partial charge >= 0.3 is 0 Å². The van der Waals surface area contributed by atoms with E-state index >= 15 is 0 Å². The van der Waals surface area contributed by atoms with Crippen molar-refractivity contribution in [3.63, 3.8) is 0 Å². The highest BCUT2D eigenvalue weighted by atomic mass is 16.6. The molecule has 2 aromatic carbocycles. The third kappa shape index (κ3) is 5.14. The number of oxime groups is 1. The molecular formula is C17H14N4O4. The van der Waals surface area contributed by atoms with Gasteiger partial charge in [-0.3, -0.25) is 14.9 Å². The van der Waals surface area contributed by atoms with Crippen LogP contribution in [0.5, 0.6) is 0 Å². The maximum atomic E-state index is 12.0. The maximum absolute atomic E-state index is 12.0. The molecule has 1 N–H and O–H groups in total. The van der Waals surface area contributed by atoms with E-state index in [1.54, 1.807) is 30.3 Å². The highest BCUT2D eigenvalue weighted by molar-refractivity contribution is 5.94. The molecule has 0 saturated heterocycles. The largest absolute Gasteiger partial charge is 0.383 e. The van der Waals surface area contributed by atoms with Gasteiger partial charge in [0.1, 0.15) is 0 Å². The van der Waals surface area contributed by atoms with E-state index in [1.165, 1.54) is 31.3 Å². The first-order valence-electron chi connectivity index (χ1n) is 7.24. The quantitative estimate of drug-likeness (QED) is 0.493. The number of nitro groups is 1. The van der Waals surface area contributed by atoms with Gasteiger partial charge in [0.2, 0.25) is 6.10 Å². The van der Waals surface area contributed by atoms with Crippen LogP contribution in [0.15, 0.2) is 53.7 Å². The molecule has 0 aromatic heterocycles. The number of hydrogen-bond donors (Lipinski definition) is 1. The first-order valence-corrected chi connectivity index (χ1v) is 7.24. The summed E-state index contributed by atoms with van der Waals surface area (Å²) in [6, 6.07) is 14.2. The molecule has 1 atom stereocenters. The molecule has 8 nitrogen and oxygen atoms in total. The molecule has 0 aliphatic rings. The molecule has 126 valence electrons. The molecule has 0 saturated carbocycles. The predicted octanol–water partition coefficient (Wildman–Crippen LogP) is 2.84. The van der Waals surface area contributed by atoms with Crippen LogP contribution in [0.2, 0.25) is 0 Å². The van der Waals surface area contributed by atoms with Crippen LogP contribution in [0.25, 0.3) is 0 Å². The summed E-state index contributed by atoms with van der Waals surface area (Å²) in [7, 11) is 0. The van der Waals surface area contributed by atoms with Gasteiger partial charge in [0, 0.05) is 23.4 Å². The average Bonchev–Trinajstić information content (AvgIpc) is 2.62. The summed E-state index contributed by atoms with van der Waals surface area (Å²) in [5, 5.41) is 25.7. The van der Waals surface area contributed by atoms with Crippen molar-refractivity contribution < 1.29 is 14.6 Å². The maximum Gasteiger partial charge on any atom is 0.270 e. The van der Waals surface area contributed by atoms with Crippen LogP contribution in [0, 0.1) is 21.4 Å². The summed E-state index contributed by atoms with van der Waals surface area (Å²) in [5.41, 5.74) is 1.44. The molecular weight excluding hydrogens is 324 g/mol. The van der Waals surface area contributed by atoms with Crippen LogP contribution in [0.4, 0.5) is 11.4 Å². The summed E-state index contributed by atoms with van der Waals surface area (Å²) in [6.07, 6.45) is 0.420. The van der Waals surface area contributed by atoms with Crippen molar-refractivity contribution >= 4 is 23.5 Å². The Morgan fingerprint density at radius 2 is 2.08 bits per heavy atom. The summed E-state index contributed by atoms with van der Waals surface area (Å²) < 4.78 is 0. The zero-order valence-electron chi connectivity index (χ0n) is 13.2. The van der Waals surface area contributed by atoms with E-state index in [1.807, 2.05) is 6.07 Å². The van der Waals surface area contributed by atoms with Crippen LogP contribution in [0.1, 0.15) is 18.1 Å². The number of amides is 1. The van der Waals surface area contributed by atoms with Gasteiger partial charge < -0.3 is 10.2 Å². The Kier molecular flexibility index (Phi) is 5.79. The summed E-state index contributed by atoms with van der Waals surface area (Å²) in [4.78, 5) is 27.2. The lowest BCUT2D eigenvalue weighted by Gasteiger charge is -2.10. The van der Waals surface area contributed by atoms with Gasteiger partial charge in [-0.2, -0.15) is 5.26 Å². The number of rotatable bonds is 6. The topological polar surface area (TPSA) is 118 Å². The Morgan fingerprint density at radius 3 is 2.72 bits per heavy atom. The van der Waals surface area contributed by atoms with E-state index in [9.17, 15) is 14.9 Å². The van der Waals surface area contributed by atoms with Gasteiger partial charge in [-0.25, -0.2) is 0 Å². The number of carbonyl (C=O) groups excluding carboxylic acids is 1. The molecule has 2 rings (SSSR count). The van der Waals surface area contributed by atoms with Gasteiger partial charge in [-0.1, -0.05) is 17.3 Å². The van der Waals surface area contributed by atoms with Gasteiger partial charge in [-0.15, -0.1) is 0 Å². The molecule has 0 fully saturated rings. The molecule has 0 bridgehead atoms. The van der Waals surface area contributed by atoms with Crippen LogP contribution in [-0.2, 0) is 9.63 Å². The Balaban J connectivity index is 1.91. The van der Waals surface area contributed by atoms with E-state index in [0.29, 0.717) is 16.8 Å². The molecule has 25 heavy (non-hydrogen) atoms. The normalized spacial score (nSPS) is 11.5. The highest BCUT2D eigenvalue weighted by Gasteiger charge is 2.14. The Bertz CT molecular complexity index is 840. The molecule has 1 amide bonds. The van der Waals surface area contributed by atoms with Crippen molar-refractivity contribution in [2.24, 2.45) is 5.16 Å². The average molecular weight is 338 g/mol. The number of nitriles is 1. The molecule has 0 aliphatic carbocycles. The minimum atomic E-state index is -0.870. The number of anilines is 1. The van der Waals surface area contributed by atoms with Crippen LogP contribution in [0.3, 0.4) is 0 Å². The fourth-order valence-electron chi connectivity index (χ4n) is 1.82. The van der Waals surface area contributed by atoms with Crippen molar-refractivity contribution in [1.82, 2.24) is 0 Å². The van der Waals surface area contributed by atoms with Crippen molar-refractivity contribution in [2.45, 2.75) is 13.0 Å². The lowest BCUT2D eigenvalue weighted by Crippen LogP contribution is -2.26. The van der Waals surface area contributed by atoms with Crippen LogP contribution >= 0.6 is 0 Å². The van der Waals surface area contributed by atoms with Gasteiger partial charge in [0.05, 0.1) is 22.8 Å².